The van der Waals surface area contributed by atoms with Gasteiger partial charge in [-0.15, -0.1) is 6.42 Å². The van der Waals surface area contributed by atoms with Gasteiger partial charge in [0, 0.05) is 6.42 Å². The smallest absolute Gasteiger partial charge is 0.459 e. The number of fused-ring (bicyclic) bond motifs is 1. The van der Waals surface area contributed by atoms with Gasteiger partial charge in [0.1, 0.15) is 30.7 Å². The van der Waals surface area contributed by atoms with Gasteiger partial charge >= 0.3 is 19.8 Å². The third-order valence-electron chi connectivity index (χ3n) is 11.6. The first kappa shape index (κ1) is 49.6. The molecular formula is C48H68FN6O7P. The lowest BCUT2D eigenvalue weighted by atomic mass is 9.99. The van der Waals surface area contributed by atoms with E-state index in [2.05, 4.69) is 32.9 Å². The number of anilines is 1. The van der Waals surface area contributed by atoms with Gasteiger partial charge in [0.2, 0.25) is 0 Å². The predicted molar refractivity (Wildman–Crippen MR) is 244 cm³/mol. The Morgan fingerprint density at radius 3 is 2.05 bits per heavy atom. The number of unbranched alkanes of at least 4 members (excludes halogenated alkanes) is 18. The lowest BCUT2D eigenvalue weighted by molar-refractivity contribution is -0.146. The van der Waals surface area contributed by atoms with E-state index in [4.69, 9.17) is 30.7 Å². The van der Waals surface area contributed by atoms with Crippen LogP contribution in [0.15, 0.2) is 67.0 Å². The number of aliphatic hydroxyl groups excluding tert-OH is 1. The van der Waals surface area contributed by atoms with Crippen LogP contribution in [0.2, 0.25) is 0 Å². The molecule has 4 N–H and O–H groups in total. The minimum Gasteiger partial charge on any atom is -0.465 e. The molecule has 15 heteroatoms. The van der Waals surface area contributed by atoms with E-state index in [9.17, 15) is 18.9 Å². The van der Waals surface area contributed by atoms with Crippen LogP contribution < -0.4 is 15.3 Å². The predicted octanol–water partition coefficient (Wildman–Crippen LogP) is 10.6. The molecule has 0 aliphatic carbocycles. The van der Waals surface area contributed by atoms with Crippen LogP contribution in [0.4, 0.5) is 10.2 Å². The average molecular weight is 891 g/mol. The highest BCUT2D eigenvalue weighted by Crippen LogP contribution is 2.48. The number of terminal acetylenes is 1. The van der Waals surface area contributed by atoms with Gasteiger partial charge < -0.3 is 24.8 Å². The topological polar surface area (TPSA) is 173 Å². The second-order valence-corrected chi connectivity index (χ2v) is 18.3. The molecule has 13 nitrogen and oxygen atoms in total. The molecule has 1 saturated heterocycles. The van der Waals surface area contributed by atoms with Gasteiger partial charge in [0.05, 0.1) is 12.9 Å². The summed E-state index contributed by atoms with van der Waals surface area (Å²) in [6, 6.07) is 16.4. The number of hydrogen-bond donors (Lipinski definition) is 3. The largest absolute Gasteiger partial charge is 0.465 e. The van der Waals surface area contributed by atoms with Crippen molar-refractivity contribution < 1.29 is 37.4 Å². The molecule has 5 rings (SSSR count). The third kappa shape index (κ3) is 16.0. The number of aromatic nitrogens is 4. The SMILES string of the molecule is C#C[C@]1(COP(=O)(N[C@@H](Cc2ccccc2)C(=O)OCCCCCCCCCCCCCCCCCCCCC)Oc2ccccc2)O[C@@H](n2cnc3c(N)nc(F)nc32)C[C@@H]1O. The molecule has 0 amide bonds. The van der Waals surface area contributed by atoms with Crippen LogP contribution in [0, 0.1) is 18.4 Å². The van der Waals surface area contributed by atoms with Crippen molar-refractivity contribution in [3.8, 4) is 18.1 Å². The van der Waals surface area contributed by atoms with Crippen molar-refractivity contribution in [2.24, 2.45) is 0 Å². The number of esters is 1. The van der Waals surface area contributed by atoms with Gasteiger partial charge in [-0.3, -0.25) is 13.9 Å². The van der Waals surface area contributed by atoms with Crippen molar-refractivity contribution in [1.29, 1.82) is 0 Å². The van der Waals surface area contributed by atoms with Crippen LogP contribution in [0.3, 0.4) is 0 Å². The maximum atomic E-state index is 14.8. The van der Waals surface area contributed by atoms with Crippen molar-refractivity contribution in [2.45, 2.75) is 166 Å². The number of hydrogen-bond acceptors (Lipinski definition) is 11. The van der Waals surface area contributed by atoms with Crippen molar-refractivity contribution in [1.82, 2.24) is 24.6 Å². The molecule has 4 aromatic rings. The van der Waals surface area contributed by atoms with Crippen LogP contribution in [0.25, 0.3) is 11.2 Å². The summed E-state index contributed by atoms with van der Waals surface area (Å²) in [5.41, 5.74) is 4.95. The maximum Gasteiger partial charge on any atom is 0.459 e. The molecule has 1 aliphatic heterocycles. The number of carbonyl (C=O) groups is 1. The molecule has 63 heavy (non-hydrogen) atoms. The Bertz CT molecular complexity index is 2040. The van der Waals surface area contributed by atoms with E-state index >= 15 is 0 Å². The molecule has 1 fully saturated rings. The molecule has 344 valence electrons. The summed E-state index contributed by atoms with van der Waals surface area (Å²) in [6.07, 6.45) is 28.0. The number of nitrogens with one attached hydrogen (secondary N) is 1. The van der Waals surface area contributed by atoms with Crippen molar-refractivity contribution >= 4 is 30.7 Å². The van der Waals surface area contributed by atoms with Crippen LogP contribution in [-0.4, -0.2) is 61.6 Å². The van der Waals surface area contributed by atoms with Gasteiger partial charge in [0.25, 0.3) is 0 Å². The van der Waals surface area contributed by atoms with Crippen molar-refractivity contribution in [3.05, 3.63) is 78.6 Å². The quantitative estimate of drug-likeness (QED) is 0.0144. The van der Waals surface area contributed by atoms with Gasteiger partial charge in [0.15, 0.2) is 22.6 Å². The number of nitrogens with zero attached hydrogens (tertiary/aromatic N) is 4. The molecule has 0 spiro atoms. The molecule has 0 saturated carbocycles. The number of halogens is 1. The minimum atomic E-state index is -4.48. The van der Waals surface area contributed by atoms with Crippen LogP contribution >= 0.6 is 7.75 Å². The highest BCUT2D eigenvalue weighted by atomic mass is 31.2. The van der Waals surface area contributed by atoms with E-state index in [0.29, 0.717) is 6.42 Å². The first-order valence-electron chi connectivity index (χ1n) is 23.1. The Hall–Kier alpha value is -4.38. The molecule has 1 unspecified atom stereocenters. The number of nitrogen functional groups attached to an aromatic ring is 1. The number of para-hydroxylation sites is 1. The highest BCUT2D eigenvalue weighted by Gasteiger charge is 2.50. The number of rotatable bonds is 31. The van der Waals surface area contributed by atoms with E-state index < -0.39 is 50.4 Å². The molecular weight excluding hydrogens is 823 g/mol. The zero-order valence-electron chi connectivity index (χ0n) is 37.0. The standard InChI is InChI=1S/C48H68FN6O7P/c1-3-5-6-7-8-9-10-11-12-13-14-15-16-17-18-19-20-21-28-33-59-46(57)40(34-38-29-24-22-25-30-38)54-63(58,62-39-31-26-23-27-32-39)60-36-48(4-2)41(56)35-42(61-48)55-37-51-43-44(50)52-47(49)53-45(43)55/h2,22-27,29-32,37,40-42,56H,3,5-21,28,33-36H2,1H3,(H,54,58)(H2,50,52,53)/t40-,41-,42+,48+,63?/m0/s1. The summed E-state index contributed by atoms with van der Waals surface area (Å²) in [5, 5.41) is 14.1. The fraction of sp³-hybridized carbons (Fsp3) is 0.583. The number of ether oxygens (including phenoxy) is 2. The first-order chi connectivity index (χ1) is 30.6. The second kappa shape index (κ2) is 26.4. The lowest BCUT2D eigenvalue weighted by Crippen LogP contribution is -2.44. The summed E-state index contributed by atoms with van der Waals surface area (Å²) in [6.45, 7) is 1.85. The number of imidazole rings is 1. The third-order valence-corrected chi connectivity index (χ3v) is 13.1. The Balaban J connectivity index is 1.10. The molecule has 3 heterocycles. The molecule has 2 aromatic carbocycles. The normalized spacial score (nSPS) is 18.8. The fourth-order valence-electron chi connectivity index (χ4n) is 7.91. The summed E-state index contributed by atoms with van der Waals surface area (Å²) < 4.78 is 54.2. The van der Waals surface area contributed by atoms with Crippen LogP contribution in [-0.2, 0) is 29.8 Å². The average Bonchev–Trinajstić information content (AvgIpc) is 3.86. The molecule has 0 bridgehead atoms. The van der Waals surface area contributed by atoms with E-state index in [1.807, 2.05) is 30.3 Å². The van der Waals surface area contributed by atoms with E-state index in [1.165, 1.54) is 107 Å². The zero-order chi connectivity index (χ0) is 44.8. The van der Waals surface area contributed by atoms with Gasteiger partial charge in [-0.25, -0.2) is 9.55 Å². The number of benzene rings is 2. The van der Waals surface area contributed by atoms with Crippen molar-refractivity contribution in [3.63, 3.8) is 0 Å². The highest BCUT2D eigenvalue weighted by molar-refractivity contribution is 7.52. The molecule has 0 radical (unpaired) electrons. The Morgan fingerprint density at radius 1 is 0.921 bits per heavy atom. The first-order valence-corrected chi connectivity index (χ1v) is 24.7. The molecule has 5 atom stereocenters. The fourth-order valence-corrected chi connectivity index (χ4v) is 9.43. The van der Waals surface area contributed by atoms with Gasteiger partial charge in [-0.1, -0.05) is 177 Å². The lowest BCUT2D eigenvalue weighted by Gasteiger charge is -2.30. The number of aliphatic hydroxyl groups is 1. The number of nitrogens with two attached hydrogens (primary N) is 1. The summed E-state index contributed by atoms with van der Waals surface area (Å²) >= 11 is 0. The maximum absolute atomic E-state index is 14.8. The monoisotopic (exact) mass is 890 g/mol. The van der Waals surface area contributed by atoms with Gasteiger partial charge in [-0.05, 0) is 30.5 Å². The molecule has 1 aliphatic rings. The van der Waals surface area contributed by atoms with Gasteiger partial charge in [-0.2, -0.15) is 19.4 Å². The summed E-state index contributed by atoms with van der Waals surface area (Å²) in [7, 11) is -4.48. The second-order valence-electron chi connectivity index (χ2n) is 16.6. The summed E-state index contributed by atoms with van der Waals surface area (Å²) in [5.74, 6) is 1.87. The van der Waals surface area contributed by atoms with E-state index in [1.54, 1.807) is 30.3 Å². The van der Waals surface area contributed by atoms with Crippen LogP contribution in [0.1, 0.15) is 147 Å². The van der Waals surface area contributed by atoms with Crippen molar-refractivity contribution in [2.75, 3.05) is 18.9 Å². The number of carbonyl (C=O) groups excluding carboxylic acids is 1. The Morgan fingerprint density at radius 2 is 1.48 bits per heavy atom. The Kier molecular flexibility index (Phi) is 20.8. The zero-order valence-corrected chi connectivity index (χ0v) is 37.9. The van der Waals surface area contributed by atoms with E-state index in [-0.39, 0.29) is 42.2 Å². The summed E-state index contributed by atoms with van der Waals surface area (Å²) in [4.78, 5) is 25.2. The Labute approximate surface area is 373 Å². The minimum absolute atomic E-state index is 0.0353. The van der Waals surface area contributed by atoms with Crippen LogP contribution in [0.5, 0.6) is 5.75 Å². The molecule has 2 aromatic heterocycles. The van der Waals surface area contributed by atoms with E-state index in [0.717, 1.165) is 24.8 Å².